The Kier molecular flexibility index (Phi) is 6.48. The average molecular weight is 468 g/mol. The number of nitrogens with one attached hydrogen (secondary N) is 1. The van der Waals surface area contributed by atoms with E-state index in [0.29, 0.717) is 37.3 Å². The first-order chi connectivity index (χ1) is 17.1. The SMILES string of the molecule is CCc1ccc(NC(=O)C2CCN(C(=O)c3cnn(-c4ccccc4)c3-n3cccc3)CC2)cc1. The molecule has 0 radical (unpaired) electrons. The third-order valence-corrected chi connectivity index (χ3v) is 6.61. The van der Waals surface area contributed by atoms with E-state index in [1.165, 1.54) is 5.56 Å². The number of anilines is 1. The number of likely N-dealkylation sites (tertiary alicyclic amines) is 1. The van der Waals surface area contributed by atoms with Crippen molar-refractivity contribution in [3.8, 4) is 11.5 Å². The van der Waals surface area contributed by atoms with Gasteiger partial charge < -0.3 is 14.8 Å². The van der Waals surface area contributed by atoms with Gasteiger partial charge in [-0.2, -0.15) is 5.10 Å². The number of carbonyl (C=O) groups excluding carboxylic acids is 2. The van der Waals surface area contributed by atoms with Crippen LogP contribution >= 0.6 is 0 Å². The molecule has 1 saturated heterocycles. The number of hydrogen-bond acceptors (Lipinski definition) is 3. The lowest BCUT2D eigenvalue weighted by Crippen LogP contribution is -2.41. The third kappa shape index (κ3) is 4.75. The zero-order valence-corrected chi connectivity index (χ0v) is 19.8. The molecule has 3 heterocycles. The molecule has 35 heavy (non-hydrogen) atoms. The molecule has 2 aromatic heterocycles. The molecular weight excluding hydrogens is 438 g/mol. The molecule has 4 aromatic rings. The molecule has 7 nitrogen and oxygen atoms in total. The number of hydrogen-bond donors (Lipinski definition) is 1. The molecule has 1 fully saturated rings. The van der Waals surface area contributed by atoms with Crippen LogP contribution in [0.25, 0.3) is 11.5 Å². The van der Waals surface area contributed by atoms with E-state index in [2.05, 4.69) is 17.3 Å². The van der Waals surface area contributed by atoms with Crippen molar-refractivity contribution in [2.24, 2.45) is 5.92 Å². The topological polar surface area (TPSA) is 72.2 Å². The van der Waals surface area contributed by atoms with Crippen LogP contribution < -0.4 is 5.32 Å². The Morgan fingerprint density at radius 1 is 0.943 bits per heavy atom. The van der Waals surface area contributed by atoms with Crippen molar-refractivity contribution in [3.05, 3.63) is 96.4 Å². The number of carbonyl (C=O) groups is 2. The van der Waals surface area contributed by atoms with Crippen LogP contribution in [0.4, 0.5) is 5.69 Å². The van der Waals surface area contributed by atoms with Crippen molar-refractivity contribution in [1.29, 1.82) is 0 Å². The Hall–Kier alpha value is -4.13. The van der Waals surface area contributed by atoms with E-state index in [9.17, 15) is 9.59 Å². The second-order valence-electron chi connectivity index (χ2n) is 8.83. The van der Waals surface area contributed by atoms with Gasteiger partial charge in [0.2, 0.25) is 5.91 Å². The Balaban J connectivity index is 1.29. The molecule has 0 atom stereocenters. The minimum absolute atomic E-state index is 0.0197. The summed E-state index contributed by atoms with van der Waals surface area (Å²) in [5.74, 6) is 0.554. The lowest BCUT2D eigenvalue weighted by Gasteiger charge is -2.31. The summed E-state index contributed by atoms with van der Waals surface area (Å²) in [5, 5.41) is 7.57. The van der Waals surface area contributed by atoms with E-state index in [1.807, 2.05) is 88.6 Å². The number of para-hydroxylation sites is 1. The fourth-order valence-corrected chi connectivity index (χ4v) is 4.56. The van der Waals surface area contributed by atoms with Crippen LogP contribution in [0.2, 0.25) is 0 Å². The molecule has 5 rings (SSSR count). The number of aryl methyl sites for hydroxylation is 1. The lowest BCUT2D eigenvalue weighted by molar-refractivity contribution is -0.121. The quantitative estimate of drug-likeness (QED) is 0.446. The summed E-state index contributed by atoms with van der Waals surface area (Å²) in [6.07, 6.45) is 7.71. The van der Waals surface area contributed by atoms with Crippen molar-refractivity contribution in [1.82, 2.24) is 19.2 Å². The van der Waals surface area contributed by atoms with E-state index in [1.54, 1.807) is 10.9 Å². The monoisotopic (exact) mass is 467 g/mol. The van der Waals surface area contributed by atoms with Crippen molar-refractivity contribution >= 4 is 17.5 Å². The molecule has 7 heteroatoms. The largest absolute Gasteiger partial charge is 0.338 e. The highest BCUT2D eigenvalue weighted by molar-refractivity contribution is 5.98. The molecule has 2 amide bonds. The summed E-state index contributed by atoms with van der Waals surface area (Å²) in [7, 11) is 0. The third-order valence-electron chi connectivity index (χ3n) is 6.61. The van der Waals surface area contributed by atoms with Gasteiger partial charge in [-0.1, -0.05) is 37.3 Å². The summed E-state index contributed by atoms with van der Waals surface area (Å²) in [6.45, 7) is 3.18. The number of amides is 2. The zero-order valence-electron chi connectivity index (χ0n) is 19.8. The van der Waals surface area contributed by atoms with Crippen LogP contribution in [0.3, 0.4) is 0 Å². The summed E-state index contributed by atoms with van der Waals surface area (Å²) >= 11 is 0. The van der Waals surface area contributed by atoms with Gasteiger partial charge >= 0.3 is 0 Å². The first-order valence-electron chi connectivity index (χ1n) is 12.1. The van der Waals surface area contributed by atoms with Gasteiger partial charge in [0.1, 0.15) is 5.56 Å². The van der Waals surface area contributed by atoms with Crippen molar-refractivity contribution in [2.45, 2.75) is 26.2 Å². The van der Waals surface area contributed by atoms with E-state index in [4.69, 9.17) is 0 Å². The molecule has 2 aromatic carbocycles. The smallest absolute Gasteiger partial charge is 0.259 e. The van der Waals surface area contributed by atoms with Gasteiger partial charge in [0.25, 0.3) is 5.91 Å². The number of benzene rings is 2. The van der Waals surface area contributed by atoms with Crippen molar-refractivity contribution < 1.29 is 9.59 Å². The van der Waals surface area contributed by atoms with Gasteiger partial charge in [-0.3, -0.25) is 9.59 Å². The highest BCUT2D eigenvalue weighted by atomic mass is 16.2. The van der Waals surface area contributed by atoms with Gasteiger partial charge in [0.05, 0.1) is 11.9 Å². The molecule has 1 N–H and O–H groups in total. The Labute approximate surface area is 205 Å². The molecule has 1 aliphatic heterocycles. The first-order valence-corrected chi connectivity index (χ1v) is 12.1. The molecule has 0 unspecified atom stereocenters. The van der Waals surface area contributed by atoms with E-state index in [0.717, 1.165) is 17.8 Å². The van der Waals surface area contributed by atoms with Crippen LogP contribution in [0.1, 0.15) is 35.7 Å². The summed E-state index contributed by atoms with van der Waals surface area (Å²) in [5.41, 5.74) is 3.49. The fourth-order valence-electron chi connectivity index (χ4n) is 4.56. The lowest BCUT2D eigenvalue weighted by atomic mass is 9.95. The zero-order chi connectivity index (χ0) is 24.2. The fraction of sp³-hybridized carbons (Fsp3) is 0.250. The van der Waals surface area contributed by atoms with Gasteiger partial charge in [-0.15, -0.1) is 0 Å². The minimum atomic E-state index is -0.110. The molecule has 0 saturated carbocycles. The van der Waals surface area contributed by atoms with Crippen LogP contribution in [0.15, 0.2) is 85.3 Å². The maximum atomic E-state index is 13.5. The van der Waals surface area contributed by atoms with E-state index in [-0.39, 0.29) is 17.7 Å². The second kappa shape index (κ2) is 10.0. The maximum absolute atomic E-state index is 13.5. The number of nitrogens with zero attached hydrogens (tertiary/aromatic N) is 4. The Morgan fingerprint density at radius 3 is 2.29 bits per heavy atom. The standard InChI is InChI=1S/C28H29N5O2/c1-2-21-10-12-23(13-11-21)30-26(34)22-14-18-32(19-15-22)28(35)25-20-29-33(24-8-4-3-5-9-24)27(25)31-16-6-7-17-31/h3-13,16-17,20,22H,2,14-15,18-19H2,1H3,(H,30,34). The number of piperidine rings is 1. The molecule has 1 aliphatic rings. The van der Waals surface area contributed by atoms with Gasteiger partial charge in [0, 0.05) is 37.1 Å². The Morgan fingerprint density at radius 2 is 1.63 bits per heavy atom. The summed E-state index contributed by atoms with van der Waals surface area (Å²) in [6, 6.07) is 21.6. The second-order valence-corrected chi connectivity index (χ2v) is 8.83. The van der Waals surface area contributed by atoms with Gasteiger partial charge in [-0.25, -0.2) is 4.68 Å². The van der Waals surface area contributed by atoms with Crippen LogP contribution in [0.5, 0.6) is 0 Å². The predicted molar refractivity (Wildman–Crippen MR) is 136 cm³/mol. The van der Waals surface area contributed by atoms with Crippen molar-refractivity contribution in [3.63, 3.8) is 0 Å². The molecule has 0 aliphatic carbocycles. The van der Waals surface area contributed by atoms with E-state index >= 15 is 0 Å². The van der Waals surface area contributed by atoms with E-state index < -0.39 is 0 Å². The first kappa shape index (κ1) is 22.7. The highest BCUT2D eigenvalue weighted by Gasteiger charge is 2.30. The van der Waals surface area contributed by atoms with Crippen LogP contribution in [-0.4, -0.2) is 44.2 Å². The summed E-state index contributed by atoms with van der Waals surface area (Å²) in [4.78, 5) is 28.2. The molecular formula is C28H29N5O2. The van der Waals surface area contributed by atoms with Gasteiger partial charge in [-0.05, 0) is 61.2 Å². The van der Waals surface area contributed by atoms with Gasteiger partial charge in [0.15, 0.2) is 5.82 Å². The molecule has 0 bridgehead atoms. The van der Waals surface area contributed by atoms with Crippen LogP contribution in [-0.2, 0) is 11.2 Å². The maximum Gasteiger partial charge on any atom is 0.259 e. The molecule has 178 valence electrons. The number of aromatic nitrogens is 3. The Bertz CT molecular complexity index is 1290. The van der Waals surface area contributed by atoms with Crippen LogP contribution in [0, 0.1) is 5.92 Å². The van der Waals surface area contributed by atoms with Crippen molar-refractivity contribution in [2.75, 3.05) is 18.4 Å². The summed E-state index contributed by atoms with van der Waals surface area (Å²) < 4.78 is 3.70. The highest BCUT2D eigenvalue weighted by Crippen LogP contribution is 2.25. The molecule has 0 spiro atoms. The number of rotatable bonds is 6. The average Bonchev–Trinajstić information content (AvgIpc) is 3.59. The predicted octanol–water partition coefficient (Wildman–Crippen LogP) is 4.72. The minimum Gasteiger partial charge on any atom is -0.338 e. The normalized spacial score (nSPS) is 14.1.